The lowest BCUT2D eigenvalue weighted by molar-refractivity contribution is -0.134. The first-order valence-electron chi connectivity index (χ1n) is 9.13. The number of benzene rings is 1. The lowest BCUT2D eigenvalue weighted by Gasteiger charge is -2.33. The molecule has 2 heterocycles. The van der Waals surface area contributed by atoms with Gasteiger partial charge in [0.05, 0.1) is 0 Å². The zero-order valence-electron chi connectivity index (χ0n) is 14.6. The molecule has 2 fully saturated rings. The number of aryl methyl sites for hydroxylation is 1. The highest BCUT2D eigenvalue weighted by atomic mass is 19.1. The Morgan fingerprint density at radius 3 is 2.96 bits per heavy atom. The van der Waals surface area contributed by atoms with Crippen molar-refractivity contribution in [2.75, 3.05) is 13.1 Å². The molecule has 1 amide bonds. The van der Waals surface area contributed by atoms with Gasteiger partial charge in [0, 0.05) is 44.9 Å². The first kappa shape index (κ1) is 16.3. The molecule has 1 aliphatic heterocycles. The minimum absolute atomic E-state index is 0.0381. The molecule has 0 spiro atoms. The van der Waals surface area contributed by atoms with Crippen LogP contribution in [0.3, 0.4) is 0 Å². The first-order valence-corrected chi connectivity index (χ1v) is 9.13. The van der Waals surface area contributed by atoms with Crippen LogP contribution in [0.2, 0.25) is 0 Å². The number of likely N-dealkylation sites (tertiary alicyclic amines) is 1. The Hall–Kier alpha value is -2.17. The quantitative estimate of drug-likeness (QED) is 0.857. The molecule has 132 valence electrons. The summed E-state index contributed by atoms with van der Waals surface area (Å²) in [6, 6.07) is 6.85. The Morgan fingerprint density at radius 1 is 1.36 bits per heavy atom. The largest absolute Gasteiger partial charge is 0.342 e. The molecule has 5 heteroatoms. The smallest absolute Gasteiger partial charge is 0.226 e. The molecule has 3 atom stereocenters. The van der Waals surface area contributed by atoms with Crippen LogP contribution in [0.15, 0.2) is 36.7 Å². The summed E-state index contributed by atoms with van der Waals surface area (Å²) in [6.07, 6.45) is 7.65. The average molecular weight is 341 g/mol. The third-order valence-corrected chi connectivity index (χ3v) is 5.64. The number of aromatic nitrogens is 2. The molecular formula is C20H24FN3O. The van der Waals surface area contributed by atoms with Gasteiger partial charge in [-0.05, 0) is 42.7 Å². The lowest BCUT2D eigenvalue weighted by atomic mass is 9.94. The molecule has 2 aromatic rings. The van der Waals surface area contributed by atoms with Gasteiger partial charge in [0.25, 0.3) is 0 Å². The summed E-state index contributed by atoms with van der Waals surface area (Å²) in [5.41, 5.74) is 0.697. The molecule has 1 saturated heterocycles. The van der Waals surface area contributed by atoms with Crippen LogP contribution >= 0.6 is 0 Å². The lowest BCUT2D eigenvalue weighted by Crippen LogP contribution is -2.41. The fourth-order valence-electron chi connectivity index (χ4n) is 4.11. The molecule has 3 unspecified atom stereocenters. The number of nitrogens with zero attached hydrogens (tertiary/aromatic N) is 3. The molecule has 1 saturated carbocycles. The van der Waals surface area contributed by atoms with E-state index in [1.54, 1.807) is 6.07 Å². The number of carbonyl (C=O) groups excluding carboxylic acids is 1. The first-order chi connectivity index (χ1) is 12.1. The molecule has 0 N–H and O–H groups in total. The molecule has 4 rings (SSSR count). The molecule has 0 bridgehead atoms. The zero-order valence-corrected chi connectivity index (χ0v) is 14.6. The third-order valence-electron chi connectivity index (χ3n) is 5.64. The second kappa shape index (κ2) is 6.62. The maximum Gasteiger partial charge on any atom is 0.226 e. The van der Waals surface area contributed by atoms with E-state index in [4.69, 9.17) is 0 Å². The molecule has 1 aromatic heterocycles. The predicted molar refractivity (Wildman–Crippen MR) is 93.5 cm³/mol. The molecule has 0 radical (unpaired) electrons. The maximum absolute atomic E-state index is 13.9. The van der Waals surface area contributed by atoms with Crippen molar-refractivity contribution in [2.45, 2.75) is 31.6 Å². The minimum atomic E-state index is -0.186. The van der Waals surface area contributed by atoms with Gasteiger partial charge in [-0.3, -0.25) is 4.79 Å². The van der Waals surface area contributed by atoms with Crippen LogP contribution in [0, 0.1) is 17.7 Å². The van der Waals surface area contributed by atoms with Gasteiger partial charge in [-0.15, -0.1) is 0 Å². The van der Waals surface area contributed by atoms with E-state index in [0.717, 1.165) is 44.6 Å². The summed E-state index contributed by atoms with van der Waals surface area (Å²) >= 11 is 0. The summed E-state index contributed by atoms with van der Waals surface area (Å²) in [5.74, 6) is 1.58. The van der Waals surface area contributed by atoms with Crippen LogP contribution in [0.4, 0.5) is 4.39 Å². The monoisotopic (exact) mass is 341 g/mol. The Labute approximate surface area is 147 Å². The summed E-state index contributed by atoms with van der Waals surface area (Å²) in [4.78, 5) is 19.3. The zero-order chi connectivity index (χ0) is 17.4. The van der Waals surface area contributed by atoms with E-state index >= 15 is 0 Å². The molecule has 4 nitrogen and oxygen atoms in total. The van der Waals surface area contributed by atoms with E-state index in [2.05, 4.69) is 9.55 Å². The molecular weight excluding hydrogens is 317 g/mol. The standard InChI is InChI=1S/C20H24FN3O/c1-23-10-8-22-19(23)11-14-5-4-9-24(13-14)20(25)17-12-16(17)15-6-2-3-7-18(15)21/h2-3,6-8,10,14,16-17H,4-5,9,11-13H2,1H3. The number of rotatable bonds is 4. The van der Waals surface area contributed by atoms with Crippen LogP contribution in [0.5, 0.6) is 0 Å². The Bertz CT molecular complexity index is 772. The van der Waals surface area contributed by atoms with Gasteiger partial charge in [-0.2, -0.15) is 0 Å². The molecule has 1 aromatic carbocycles. The molecule has 1 aliphatic carbocycles. The van der Waals surface area contributed by atoms with Crippen LogP contribution in [-0.2, 0) is 18.3 Å². The predicted octanol–water partition coefficient (Wildman–Crippen LogP) is 3.14. The van der Waals surface area contributed by atoms with E-state index in [-0.39, 0.29) is 23.6 Å². The van der Waals surface area contributed by atoms with Crippen LogP contribution in [0.1, 0.15) is 36.6 Å². The molecule has 2 aliphatic rings. The summed E-state index contributed by atoms with van der Waals surface area (Å²) in [5, 5.41) is 0. The van der Waals surface area contributed by atoms with Crippen molar-refractivity contribution in [1.82, 2.24) is 14.5 Å². The molecule has 25 heavy (non-hydrogen) atoms. The minimum Gasteiger partial charge on any atom is -0.342 e. The van der Waals surface area contributed by atoms with Gasteiger partial charge >= 0.3 is 0 Å². The third kappa shape index (κ3) is 3.32. The van der Waals surface area contributed by atoms with E-state index in [1.807, 2.05) is 36.5 Å². The van der Waals surface area contributed by atoms with Crippen molar-refractivity contribution in [2.24, 2.45) is 18.9 Å². The number of hydrogen-bond acceptors (Lipinski definition) is 2. The Morgan fingerprint density at radius 2 is 2.20 bits per heavy atom. The van der Waals surface area contributed by atoms with Gasteiger partial charge in [-0.25, -0.2) is 9.37 Å². The highest BCUT2D eigenvalue weighted by molar-refractivity contribution is 5.83. The fourth-order valence-corrected chi connectivity index (χ4v) is 4.11. The van der Waals surface area contributed by atoms with E-state index in [9.17, 15) is 9.18 Å². The van der Waals surface area contributed by atoms with Gasteiger partial charge in [0.15, 0.2) is 0 Å². The second-order valence-corrected chi connectivity index (χ2v) is 7.42. The van der Waals surface area contributed by atoms with Crippen molar-refractivity contribution in [3.8, 4) is 0 Å². The van der Waals surface area contributed by atoms with Gasteiger partial charge < -0.3 is 9.47 Å². The number of piperidine rings is 1. The van der Waals surface area contributed by atoms with Gasteiger partial charge in [-0.1, -0.05) is 18.2 Å². The van der Waals surface area contributed by atoms with Crippen LogP contribution in [0.25, 0.3) is 0 Å². The highest BCUT2D eigenvalue weighted by Crippen LogP contribution is 2.49. The summed E-state index contributed by atoms with van der Waals surface area (Å²) < 4.78 is 16.0. The van der Waals surface area contributed by atoms with Crippen molar-refractivity contribution in [1.29, 1.82) is 0 Å². The summed E-state index contributed by atoms with van der Waals surface area (Å²) in [6.45, 7) is 1.63. The maximum atomic E-state index is 13.9. The Balaban J connectivity index is 1.38. The number of halogens is 1. The van der Waals surface area contributed by atoms with Crippen molar-refractivity contribution in [3.63, 3.8) is 0 Å². The van der Waals surface area contributed by atoms with Gasteiger partial charge in [0.1, 0.15) is 11.6 Å². The highest BCUT2D eigenvalue weighted by Gasteiger charge is 2.47. The number of hydrogen-bond donors (Lipinski definition) is 0. The topological polar surface area (TPSA) is 38.1 Å². The van der Waals surface area contributed by atoms with Gasteiger partial charge in [0.2, 0.25) is 5.91 Å². The second-order valence-electron chi connectivity index (χ2n) is 7.42. The fraction of sp³-hybridized carbons (Fsp3) is 0.500. The Kier molecular flexibility index (Phi) is 4.32. The van der Waals surface area contributed by atoms with Crippen LogP contribution < -0.4 is 0 Å². The summed E-state index contributed by atoms with van der Waals surface area (Å²) in [7, 11) is 2.01. The van der Waals surface area contributed by atoms with E-state index in [1.165, 1.54) is 6.07 Å². The van der Waals surface area contributed by atoms with Crippen molar-refractivity contribution in [3.05, 3.63) is 53.9 Å². The van der Waals surface area contributed by atoms with E-state index < -0.39 is 0 Å². The number of imidazole rings is 1. The van der Waals surface area contributed by atoms with Crippen molar-refractivity contribution < 1.29 is 9.18 Å². The average Bonchev–Trinajstić information content (AvgIpc) is 3.32. The van der Waals surface area contributed by atoms with Crippen molar-refractivity contribution >= 4 is 5.91 Å². The van der Waals surface area contributed by atoms with E-state index in [0.29, 0.717) is 11.5 Å². The number of amides is 1. The van der Waals surface area contributed by atoms with Crippen LogP contribution in [-0.4, -0.2) is 33.4 Å². The normalized spacial score (nSPS) is 25.8. The number of carbonyl (C=O) groups is 1. The SMILES string of the molecule is Cn1ccnc1CC1CCCN(C(=O)C2CC2c2ccccc2F)C1.